The summed E-state index contributed by atoms with van der Waals surface area (Å²) < 4.78 is 26.2. The molecule has 0 saturated heterocycles. The maximum Gasteiger partial charge on any atom is 0.281 e. The maximum absolute atomic E-state index is 12.1. The Morgan fingerprint density at radius 2 is 2.19 bits per heavy atom. The molecule has 21 heavy (non-hydrogen) atoms. The molecular weight excluding hydrogens is 308 g/mol. The van der Waals surface area contributed by atoms with Gasteiger partial charge < -0.3 is 0 Å². The number of rotatable bonds is 4. The molecule has 1 saturated carbocycles. The van der Waals surface area contributed by atoms with E-state index in [4.69, 9.17) is 0 Å². The van der Waals surface area contributed by atoms with Crippen LogP contribution in [0.25, 0.3) is 0 Å². The lowest BCUT2D eigenvalue weighted by atomic mass is 10.2. The third-order valence-electron chi connectivity index (χ3n) is 3.51. The van der Waals surface area contributed by atoms with Gasteiger partial charge in [-0.25, -0.2) is 9.71 Å². The van der Waals surface area contributed by atoms with E-state index in [9.17, 15) is 13.2 Å². The van der Waals surface area contributed by atoms with Crippen LogP contribution >= 0.6 is 11.3 Å². The molecule has 0 spiro atoms. The molecule has 0 bridgehead atoms. The number of hydrogen-bond acceptors (Lipinski definition) is 5. The second-order valence-electron chi connectivity index (χ2n) is 5.05. The van der Waals surface area contributed by atoms with Crippen molar-refractivity contribution in [1.82, 2.24) is 9.71 Å². The number of aryl methyl sites for hydroxylation is 1. The number of amides is 1. The van der Waals surface area contributed by atoms with Crippen molar-refractivity contribution < 1.29 is 13.2 Å². The average molecular weight is 322 g/mol. The number of carbonyl (C=O) groups excluding carboxylic acids is 1. The molecule has 1 aliphatic rings. The fourth-order valence-corrected chi connectivity index (χ4v) is 4.39. The third kappa shape index (κ3) is 2.84. The highest BCUT2D eigenvalue weighted by atomic mass is 32.2. The predicted octanol–water partition coefficient (Wildman–Crippen LogP) is 2.06. The molecule has 2 aromatic heterocycles. The molecule has 1 N–H and O–H groups in total. The standard InChI is InChI=1S/C14H14N2O3S2/c1-9-5-7-20-13(9)10-8-11(10)14(17)16-21(18,19)12-4-2-3-6-15-12/h2-7,10-11H,8H2,1H3,(H,16,17)/t10-,11+/m1/s1. The summed E-state index contributed by atoms with van der Waals surface area (Å²) in [5.41, 5.74) is 1.16. The largest absolute Gasteiger partial charge is 0.281 e. The molecule has 5 nitrogen and oxygen atoms in total. The van der Waals surface area contributed by atoms with Crippen molar-refractivity contribution in [3.8, 4) is 0 Å². The molecule has 0 aliphatic heterocycles. The van der Waals surface area contributed by atoms with Crippen LogP contribution in [0.1, 0.15) is 22.8 Å². The smallest absolute Gasteiger partial charge is 0.274 e. The summed E-state index contributed by atoms with van der Waals surface area (Å²) in [6, 6.07) is 6.57. The summed E-state index contributed by atoms with van der Waals surface area (Å²) in [5, 5.41) is 1.85. The maximum atomic E-state index is 12.1. The van der Waals surface area contributed by atoms with E-state index in [1.54, 1.807) is 23.5 Å². The molecule has 0 unspecified atom stereocenters. The first-order valence-electron chi connectivity index (χ1n) is 6.51. The summed E-state index contributed by atoms with van der Waals surface area (Å²) in [7, 11) is -3.87. The Kier molecular flexibility index (Phi) is 3.54. The van der Waals surface area contributed by atoms with Crippen LogP contribution in [-0.2, 0) is 14.8 Å². The first-order chi connectivity index (χ1) is 9.99. The normalized spacial score (nSPS) is 21.0. The van der Waals surface area contributed by atoms with Crippen molar-refractivity contribution in [3.63, 3.8) is 0 Å². The van der Waals surface area contributed by atoms with Crippen LogP contribution < -0.4 is 4.72 Å². The first kappa shape index (κ1) is 14.2. The number of thiophene rings is 1. The van der Waals surface area contributed by atoms with Gasteiger partial charge in [-0.3, -0.25) is 4.79 Å². The Morgan fingerprint density at radius 3 is 2.81 bits per heavy atom. The van der Waals surface area contributed by atoms with Crippen LogP contribution in [0, 0.1) is 12.8 Å². The summed E-state index contributed by atoms with van der Waals surface area (Å²) in [6.07, 6.45) is 2.08. The molecule has 2 heterocycles. The van der Waals surface area contributed by atoms with Crippen LogP contribution in [0.4, 0.5) is 0 Å². The van der Waals surface area contributed by atoms with E-state index < -0.39 is 15.9 Å². The summed E-state index contributed by atoms with van der Waals surface area (Å²) in [5.74, 6) is -0.566. The number of pyridine rings is 1. The molecule has 110 valence electrons. The lowest BCUT2D eigenvalue weighted by Gasteiger charge is -2.05. The van der Waals surface area contributed by atoms with Gasteiger partial charge in [0.2, 0.25) is 5.91 Å². The van der Waals surface area contributed by atoms with Crippen molar-refractivity contribution in [3.05, 3.63) is 46.3 Å². The minimum atomic E-state index is -3.87. The Morgan fingerprint density at radius 1 is 1.38 bits per heavy atom. The zero-order valence-electron chi connectivity index (χ0n) is 11.3. The van der Waals surface area contributed by atoms with Gasteiger partial charge in [-0.15, -0.1) is 11.3 Å². The van der Waals surface area contributed by atoms with E-state index in [0.29, 0.717) is 6.42 Å². The monoisotopic (exact) mass is 322 g/mol. The SMILES string of the molecule is Cc1ccsc1[C@@H]1C[C@@H]1C(=O)NS(=O)(=O)c1ccccn1. The highest BCUT2D eigenvalue weighted by Gasteiger charge is 2.46. The topological polar surface area (TPSA) is 76.1 Å². The van der Waals surface area contributed by atoms with E-state index in [0.717, 1.165) is 5.56 Å². The Labute approximate surface area is 127 Å². The van der Waals surface area contributed by atoms with Crippen molar-refractivity contribution in [2.45, 2.75) is 24.3 Å². The Bertz CT molecular complexity index is 769. The molecule has 2 atom stereocenters. The zero-order chi connectivity index (χ0) is 15.0. The quantitative estimate of drug-likeness (QED) is 0.935. The summed E-state index contributed by atoms with van der Waals surface area (Å²) >= 11 is 1.61. The number of sulfonamides is 1. The fraction of sp³-hybridized carbons (Fsp3) is 0.286. The van der Waals surface area contributed by atoms with Crippen LogP contribution in [0.5, 0.6) is 0 Å². The lowest BCUT2D eigenvalue weighted by Crippen LogP contribution is -2.32. The van der Waals surface area contributed by atoms with E-state index in [1.807, 2.05) is 18.4 Å². The highest BCUT2D eigenvalue weighted by Crippen LogP contribution is 2.50. The number of aromatic nitrogens is 1. The lowest BCUT2D eigenvalue weighted by molar-refractivity contribution is -0.120. The van der Waals surface area contributed by atoms with Gasteiger partial charge in [0.25, 0.3) is 10.0 Å². The Balaban J connectivity index is 1.70. The second kappa shape index (κ2) is 5.23. The van der Waals surface area contributed by atoms with Crippen LogP contribution in [0.2, 0.25) is 0 Å². The van der Waals surface area contributed by atoms with E-state index in [2.05, 4.69) is 9.71 Å². The third-order valence-corrected chi connectivity index (χ3v) is 5.93. The van der Waals surface area contributed by atoms with E-state index in [-0.39, 0.29) is 16.9 Å². The summed E-state index contributed by atoms with van der Waals surface area (Å²) in [6.45, 7) is 2.00. The van der Waals surface area contributed by atoms with Gasteiger partial charge >= 0.3 is 0 Å². The molecule has 1 aliphatic carbocycles. The van der Waals surface area contributed by atoms with Crippen molar-refractivity contribution in [1.29, 1.82) is 0 Å². The minimum absolute atomic E-state index is 0.136. The average Bonchev–Trinajstić information content (AvgIpc) is 3.15. The molecule has 0 aromatic carbocycles. The molecular formula is C14H14N2O3S2. The van der Waals surface area contributed by atoms with Crippen LogP contribution in [0.3, 0.4) is 0 Å². The van der Waals surface area contributed by atoms with Gasteiger partial charge in [0.15, 0.2) is 5.03 Å². The summed E-state index contributed by atoms with van der Waals surface area (Å²) in [4.78, 5) is 17.0. The van der Waals surface area contributed by atoms with Gasteiger partial charge in [-0.1, -0.05) is 6.07 Å². The first-order valence-corrected chi connectivity index (χ1v) is 8.87. The predicted molar refractivity (Wildman–Crippen MR) is 79.5 cm³/mol. The van der Waals surface area contributed by atoms with Gasteiger partial charge in [0.1, 0.15) is 0 Å². The number of carbonyl (C=O) groups is 1. The van der Waals surface area contributed by atoms with Crippen LogP contribution in [0.15, 0.2) is 40.9 Å². The number of nitrogens with zero attached hydrogens (tertiary/aromatic N) is 1. The molecule has 0 radical (unpaired) electrons. The zero-order valence-corrected chi connectivity index (χ0v) is 12.9. The highest BCUT2D eigenvalue weighted by molar-refractivity contribution is 7.90. The molecule has 3 rings (SSSR count). The molecule has 7 heteroatoms. The van der Waals surface area contributed by atoms with E-state index in [1.165, 1.54) is 17.1 Å². The van der Waals surface area contributed by atoms with Gasteiger partial charge in [-0.2, -0.15) is 8.42 Å². The molecule has 2 aromatic rings. The van der Waals surface area contributed by atoms with Crippen molar-refractivity contribution in [2.24, 2.45) is 5.92 Å². The number of hydrogen-bond donors (Lipinski definition) is 1. The molecule has 1 fully saturated rings. The van der Waals surface area contributed by atoms with Gasteiger partial charge in [0.05, 0.1) is 0 Å². The van der Waals surface area contributed by atoms with Crippen LogP contribution in [-0.4, -0.2) is 19.3 Å². The number of nitrogens with one attached hydrogen (secondary N) is 1. The van der Waals surface area contributed by atoms with Crippen molar-refractivity contribution in [2.75, 3.05) is 0 Å². The second-order valence-corrected chi connectivity index (χ2v) is 7.63. The van der Waals surface area contributed by atoms with Gasteiger partial charge in [0, 0.05) is 22.9 Å². The Hall–Kier alpha value is -1.73. The van der Waals surface area contributed by atoms with Gasteiger partial charge in [-0.05, 0) is 42.5 Å². The minimum Gasteiger partial charge on any atom is -0.274 e. The fourth-order valence-electron chi connectivity index (χ4n) is 2.31. The molecule has 1 amide bonds. The van der Waals surface area contributed by atoms with E-state index >= 15 is 0 Å². The van der Waals surface area contributed by atoms with Crippen molar-refractivity contribution >= 4 is 27.3 Å².